The highest BCUT2D eigenvalue weighted by atomic mass is 35.5. The fourth-order valence-corrected chi connectivity index (χ4v) is 2.56. The number of phenols is 1. The van der Waals surface area contributed by atoms with Crippen molar-refractivity contribution in [1.29, 1.82) is 0 Å². The molecule has 3 aromatic rings. The van der Waals surface area contributed by atoms with Crippen molar-refractivity contribution in [2.45, 2.75) is 13.8 Å². The lowest BCUT2D eigenvalue weighted by Crippen LogP contribution is -2.12. The molecular weight excluding hydrogens is 312 g/mol. The lowest BCUT2D eigenvalue weighted by atomic mass is 10.1. The third-order valence-corrected chi connectivity index (χ3v) is 3.47. The Morgan fingerprint density at radius 3 is 2.48 bits per heavy atom. The number of carbonyl (C=O) groups is 1. The zero-order valence-corrected chi connectivity index (χ0v) is 13.6. The Labute approximate surface area is 140 Å². The van der Waals surface area contributed by atoms with Crippen molar-refractivity contribution in [2.24, 2.45) is 0 Å². The molecule has 0 aliphatic rings. The lowest BCUT2D eigenvalue weighted by Gasteiger charge is -2.10. The Morgan fingerprint density at radius 2 is 1.78 bits per heavy atom. The molecular formula is C18H17ClN2O2. The number of amides is 1. The molecule has 0 fully saturated rings. The molecule has 0 unspecified atom stereocenters. The molecule has 0 saturated carbocycles. The Hall–Kier alpha value is -2.59. The first-order chi connectivity index (χ1) is 10.5. The number of aryl methyl sites for hydroxylation is 2. The molecule has 0 saturated heterocycles. The van der Waals surface area contributed by atoms with E-state index in [1.54, 1.807) is 24.4 Å². The molecule has 0 atom stereocenters. The van der Waals surface area contributed by atoms with Crippen LogP contribution in [-0.4, -0.2) is 16.0 Å². The number of benzene rings is 2. The number of pyridine rings is 1. The number of nitrogens with zero attached hydrogens (tertiary/aromatic N) is 1. The van der Waals surface area contributed by atoms with Crippen LogP contribution in [-0.2, 0) is 0 Å². The zero-order valence-electron chi connectivity index (χ0n) is 12.8. The van der Waals surface area contributed by atoms with Gasteiger partial charge in [0, 0.05) is 17.3 Å². The summed E-state index contributed by atoms with van der Waals surface area (Å²) >= 11 is 0. The first-order valence-electron chi connectivity index (χ1n) is 7.01. The molecule has 1 amide bonds. The molecule has 118 valence electrons. The molecule has 0 bridgehead atoms. The van der Waals surface area contributed by atoms with Gasteiger partial charge in [0.05, 0.1) is 5.56 Å². The monoisotopic (exact) mass is 328 g/mol. The van der Waals surface area contributed by atoms with Gasteiger partial charge in [-0.2, -0.15) is 0 Å². The van der Waals surface area contributed by atoms with Crippen LogP contribution in [0.1, 0.15) is 21.5 Å². The summed E-state index contributed by atoms with van der Waals surface area (Å²) in [5.41, 5.74) is 3.49. The number of nitrogens with one attached hydrogen (secondary N) is 1. The minimum absolute atomic E-state index is 0. The number of aromatic nitrogens is 1. The van der Waals surface area contributed by atoms with Crippen LogP contribution >= 0.6 is 12.4 Å². The van der Waals surface area contributed by atoms with Crippen molar-refractivity contribution in [1.82, 2.24) is 4.98 Å². The number of hydrogen-bond donors (Lipinski definition) is 2. The van der Waals surface area contributed by atoms with E-state index in [0.29, 0.717) is 11.2 Å². The summed E-state index contributed by atoms with van der Waals surface area (Å²) in [6.07, 6.45) is 1.59. The summed E-state index contributed by atoms with van der Waals surface area (Å²) in [4.78, 5) is 16.5. The van der Waals surface area contributed by atoms with Crippen LogP contribution in [0.4, 0.5) is 5.69 Å². The van der Waals surface area contributed by atoms with Gasteiger partial charge in [-0.05, 0) is 49.2 Å². The first-order valence-corrected chi connectivity index (χ1v) is 7.01. The predicted octanol–water partition coefficient (Wildman–Crippen LogP) is 4.23. The molecule has 1 heterocycles. The number of phenolic OH excluding ortho intramolecular Hbond substituents is 1. The van der Waals surface area contributed by atoms with Crippen molar-refractivity contribution in [2.75, 3.05) is 5.32 Å². The van der Waals surface area contributed by atoms with Gasteiger partial charge in [0.1, 0.15) is 5.52 Å². The summed E-state index contributed by atoms with van der Waals surface area (Å²) in [7, 11) is 0. The van der Waals surface area contributed by atoms with Crippen LogP contribution in [0.15, 0.2) is 48.7 Å². The van der Waals surface area contributed by atoms with Gasteiger partial charge in [-0.15, -0.1) is 12.4 Å². The molecule has 3 rings (SSSR count). The van der Waals surface area contributed by atoms with Crippen LogP contribution in [0, 0.1) is 13.8 Å². The third-order valence-electron chi connectivity index (χ3n) is 3.47. The highest BCUT2D eigenvalue weighted by Gasteiger charge is 2.14. The van der Waals surface area contributed by atoms with Crippen LogP contribution in [0.3, 0.4) is 0 Å². The van der Waals surface area contributed by atoms with Crippen LogP contribution in [0.5, 0.6) is 5.75 Å². The van der Waals surface area contributed by atoms with Crippen molar-refractivity contribution in [3.05, 3.63) is 65.4 Å². The van der Waals surface area contributed by atoms with Gasteiger partial charge in [-0.25, -0.2) is 0 Å². The number of aromatic hydroxyl groups is 1. The number of anilines is 1. The summed E-state index contributed by atoms with van der Waals surface area (Å²) in [6, 6.07) is 12.8. The van der Waals surface area contributed by atoms with Gasteiger partial charge < -0.3 is 10.4 Å². The number of rotatable bonds is 2. The fourth-order valence-electron chi connectivity index (χ4n) is 2.56. The number of halogens is 1. The lowest BCUT2D eigenvalue weighted by molar-refractivity contribution is 0.102. The highest BCUT2D eigenvalue weighted by Crippen LogP contribution is 2.27. The minimum atomic E-state index is -0.352. The average molecular weight is 329 g/mol. The zero-order chi connectivity index (χ0) is 15.7. The van der Waals surface area contributed by atoms with Gasteiger partial charge in [-0.3, -0.25) is 9.78 Å². The Morgan fingerprint density at radius 1 is 1.09 bits per heavy atom. The van der Waals surface area contributed by atoms with Crippen molar-refractivity contribution in [3.63, 3.8) is 0 Å². The molecule has 1 aromatic heterocycles. The van der Waals surface area contributed by atoms with E-state index in [-0.39, 0.29) is 29.6 Å². The van der Waals surface area contributed by atoms with Gasteiger partial charge in [0.25, 0.3) is 5.91 Å². The predicted molar refractivity (Wildman–Crippen MR) is 94.5 cm³/mol. The standard InChI is InChI=1S/C18H16N2O2.ClH/c1-11-8-12(2)10-14(9-11)20-18(22)15-6-5-13-4-3-7-19-16(13)17(15)21;/h3-10,21H,1-2H3,(H,20,22);1H. The molecule has 23 heavy (non-hydrogen) atoms. The summed E-state index contributed by atoms with van der Waals surface area (Å²) in [6.45, 7) is 3.94. The first kappa shape index (κ1) is 16.8. The fraction of sp³-hybridized carbons (Fsp3) is 0.111. The van der Waals surface area contributed by atoms with Gasteiger partial charge in [0.15, 0.2) is 5.75 Å². The van der Waals surface area contributed by atoms with E-state index in [4.69, 9.17) is 0 Å². The van der Waals surface area contributed by atoms with E-state index in [9.17, 15) is 9.90 Å². The highest BCUT2D eigenvalue weighted by molar-refractivity contribution is 6.09. The quantitative estimate of drug-likeness (QED) is 0.740. The third kappa shape index (κ3) is 3.43. The summed E-state index contributed by atoms with van der Waals surface area (Å²) in [5, 5.41) is 13.9. The maximum Gasteiger partial charge on any atom is 0.259 e. The van der Waals surface area contributed by atoms with E-state index in [1.165, 1.54) is 0 Å². The van der Waals surface area contributed by atoms with Crippen molar-refractivity contribution < 1.29 is 9.90 Å². The van der Waals surface area contributed by atoms with Gasteiger partial charge >= 0.3 is 0 Å². The van der Waals surface area contributed by atoms with Gasteiger partial charge in [-0.1, -0.05) is 18.2 Å². The van der Waals surface area contributed by atoms with E-state index >= 15 is 0 Å². The summed E-state index contributed by atoms with van der Waals surface area (Å²) in [5.74, 6) is -0.449. The topological polar surface area (TPSA) is 62.2 Å². The number of carbonyl (C=O) groups excluding carboxylic acids is 1. The Kier molecular flexibility index (Phi) is 4.86. The molecule has 2 aromatic carbocycles. The van der Waals surface area contributed by atoms with E-state index in [2.05, 4.69) is 10.3 Å². The normalized spacial score (nSPS) is 10.2. The second-order valence-corrected chi connectivity index (χ2v) is 5.37. The molecule has 4 nitrogen and oxygen atoms in total. The van der Waals surface area contributed by atoms with Gasteiger partial charge in [0.2, 0.25) is 0 Å². The van der Waals surface area contributed by atoms with E-state index in [0.717, 1.165) is 16.5 Å². The number of hydrogen-bond acceptors (Lipinski definition) is 3. The number of fused-ring (bicyclic) bond motifs is 1. The SMILES string of the molecule is Cc1cc(C)cc(NC(=O)c2ccc3cccnc3c2O)c1.Cl. The largest absolute Gasteiger partial charge is 0.505 e. The maximum atomic E-state index is 12.4. The average Bonchev–Trinajstić information content (AvgIpc) is 2.46. The van der Waals surface area contributed by atoms with Crippen LogP contribution in [0.25, 0.3) is 10.9 Å². The molecule has 0 radical (unpaired) electrons. The second kappa shape index (κ2) is 6.67. The smallest absolute Gasteiger partial charge is 0.259 e. The minimum Gasteiger partial charge on any atom is -0.505 e. The Bertz CT molecular complexity index is 858. The van der Waals surface area contributed by atoms with Crippen LogP contribution < -0.4 is 5.32 Å². The second-order valence-electron chi connectivity index (χ2n) is 5.37. The maximum absolute atomic E-state index is 12.4. The molecule has 0 aliphatic heterocycles. The molecule has 2 N–H and O–H groups in total. The van der Waals surface area contributed by atoms with E-state index in [1.807, 2.05) is 38.1 Å². The van der Waals surface area contributed by atoms with Crippen molar-refractivity contribution in [3.8, 4) is 5.75 Å². The molecule has 0 aliphatic carbocycles. The van der Waals surface area contributed by atoms with E-state index < -0.39 is 0 Å². The summed E-state index contributed by atoms with van der Waals surface area (Å²) < 4.78 is 0. The Balaban J connectivity index is 0.00000192. The van der Waals surface area contributed by atoms with Crippen LogP contribution in [0.2, 0.25) is 0 Å². The molecule has 5 heteroatoms. The molecule has 0 spiro atoms. The van der Waals surface area contributed by atoms with Crippen molar-refractivity contribution >= 4 is 34.9 Å².